The van der Waals surface area contributed by atoms with Crippen molar-refractivity contribution in [1.29, 1.82) is 0 Å². The Morgan fingerprint density at radius 3 is 2.12 bits per heavy atom. The second-order valence-corrected chi connectivity index (χ2v) is 5.98. The van der Waals surface area contributed by atoms with Gasteiger partial charge in [-0.05, 0) is 6.92 Å². The Morgan fingerprint density at radius 1 is 1.25 bits per heavy atom. The zero-order valence-corrected chi connectivity index (χ0v) is 11.4. The summed E-state index contributed by atoms with van der Waals surface area (Å²) >= 11 is 0. The Bertz CT molecular complexity index is 275. The van der Waals surface area contributed by atoms with Crippen LogP contribution in [0.15, 0.2) is 0 Å². The molecule has 1 N–H and O–H groups in total. The molecule has 0 aromatic carbocycles. The third-order valence-electron chi connectivity index (χ3n) is 2.26. The topological polar surface area (TPSA) is 67.9 Å². The highest BCUT2D eigenvalue weighted by molar-refractivity contribution is 7.89. The van der Waals surface area contributed by atoms with Gasteiger partial charge in [0.05, 0.1) is 11.8 Å². The first-order valence-corrected chi connectivity index (χ1v) is 6.65. The molecular weight excluding hydrogens is 232 g/mol. The molecule has 0 rings (SSSR count). The van der Waals surface area contributed by atoms with Crippen LogP contribution in [0, 0.1) is 0 Å². The van der Waals surface area contributed by atoms with Gasteiger partial charge < -0.3 is 14.8 Å². The van der Waals surface area contributed by atoms with E-state index in [1.807, 2.05) is 6.92 Å². The van der Waals surface area contributed by atoms with Crippen LogP contribution in [0.1, 0.15) is 6.92 Å². The number of hydrogen-bond donors (Lipinski definition) is 1. The molecule has 0 fully saturated rings. The van der Waals surface area contributed by atoms with Gasteiger partial charge in [-0.1, -0.05) is 0 Å². The van der Waals surface area contributed by atoms with Crippen molar-refractivity contribution >= 4 is 10.0 Å². The molecule has 0 spiro atoms. The van der Waals surface area contributed by atoms with Crippen LogP contribution in [0.25, 0.3) is 0 Å². The highest BCUT2D eigenvalue weighted by Crippen LogP contribution is 1.99. The summed E-state index contributed by atoms with van der Waals surface area (Å²) < 4.78 is 34.2. The van der Waals surface area contributed by atoms with E-state index in [9.17, 15) is 8.42 Å². The molecule has 0 aromatic rings. The lowest BCUT2D eigenvalue weighted by atomic mass is 10.3. The van der Waals surface area contributed by atoms with Gasteiger partial charge >= 0.3 is 0 Å². The molecule has 16 heavy (non-hydrogen) atoms. The minimum Gasteiger partial charge on any atom is -0.354 e. The molecule has 0 saturated carbocycles. The first-order valence-electron chi connectivity index (χ1n) is 5.04. The molecule has 0 aliphatic heterocycles. The fourth-order valence-corrected chi connectivity index (χ4v) is 1.94. The summed E-state index contributed by atoms with van der Waals surface area (Å²) in [5.74, 6) is 0.0600. The number of nitrogens with zero attached hydrogens (tertiary/aromatic N) is 1. The summed E-state index contributed by atoms with van der Waals surface area (Å²) in [6.45, 7) is 2.24. The third kappa shape index (κ3) is 5.22. The maximum absolute atomic E-state index is 11.4. The van der Waals surface area contributed by atoms with Gasteiger partial charge in [-0.15, -0.1) is 0 Å². The van der Waals surface area contributed by atoms with Crippen LogP contribution in [-0.4, -0.2) is 65.7 Å². The molecule has 0 bridgehead atoms. The summed E-state index contributed by atoms with van der Waals surface area (Å²) in [4.78, 5) is 0. The monoisotopic (exact) mass is 254 g/mol. The molecule has 0 aliphatic carbocycles. The van der Waals surface area contributed by atoms with Crippen molar-refractivity contribution in [2.24, 2.45) is 0 Å². The summed E-state index contributed by atoms with van der Waals surface area (Å²) in [5, 5.41) is 3.04. The molecule has 0 amide bonds. The fourth-order valence-electron chi connectivity index (χ4n) is 1.20. The molecule has 98 valence electrons. The minimum absolute atomic E-state index is 0.0600. The van der Waals surface area contributed by atoms with Crippen molar-refractivity contribution in [1.82, 2.24) is 9.62 Å². The first kappa shape index (κ1) is 15.8. The lowest BCUT2D eigenvalue weighted by Crippen LogP contribution is -2.42. The van der Waals surface area contributed by atoms with Crippen LogP contribution in [0.3, 0.4) is 0 Å². The van der Waals surface area contributed by atoms with Crippen LogP contribution in [0.4, 0.5) is 0 Å². The number of nitrogens with one attached hydrogen (secondary N) is 1. The predicted octanol–water partition coefficient (Wildman–Crippen LogP) is -0.525. The van der Waals surface area contributed by atoms with E-state index >= 15 is 0 Å². The number of sulfonamides is 1. The molecule has 0 aliphatic rings. The molecule has 6 nitrogen and oxygen atoms in total. The van der Waals surface area contributed by atoms with Crippen molar-refractivity contribution in [2.75, 3.05) is 40.6 Å². The average molecular weight is 254 g/mol. The third-order valence-corrected chi connectivity index (χ3v) is 4.09. The van der Waals surface area contributed by atoms with Gasteiger partial charge in [-0.2, -0.15) is 0 Å². The second-order valence-electron chi connectivity index (χ2n) is 3.68. The quantitative estimate of drug-likeness (QED) is 0.590. The highest BCUT2D eigenvalue weighted by atomic mass is 32.2. The zero-order chi connectivity index (χ0) is 12.8. The Labute approximate surface area is 98.0 Å². The molecule has 0 heterocycles. The van der Waals surface area contributed by atoms with Crippen molar-refractivity contribution < 1.29 is 17.9 Å². The summed E-state index contributed by atoms with van der Waals surface area (Å²) in [7, 11) is 2.98. The lowest BCUT2D eigenvalue weighted by Gasteiger charge is -2.22. The summed E-state index contributed by atoms with van der Waals surface area (Å²) in [6.07, 6.45) is -0.373. The Morgan fingerprint density at radius 2 is 1.75 bits per heavy atom. The van der Waals surface area contributed by atoms with Crippen LogP contribution in [0.5, 0.6) is 0 Å². The smallest absolute Gasteiger partial charge is 0.214 e. The highest BCUT2D eigenvalue weighted by Gasteiger charge is 2.17. The Balaban J connectivity index is 3.99. The van der Waals surface area contributed by atoms with Crippen molar-refractivity contribution in [2.45, 2.75) is 19.3 Å². The SMILES string of the molecule is COC(OC)C(C)NCCS(=O)(=O)N(C)C. The van der Waals surface area contributed by atoms with Crippen LogP contribution in [0.2, 0.25) is 0 Å². The van der Waals surface area contributed by atoms with Gasteiger partial charge in [0.25, 0.3) is 0 Å². The van der Waals surface area contributed by atoms with Crippen LogP contribution < -0.4 is 5.32 Å². The fraction of sp³-hybridized carbons (Fsp3) is 1.00. The van der Waals surface area contributed by atoms with Gasteiger partial charge in [0.1, 0.15) is 0 Å². The molecule has 0 aromatic heterocycles. The van der Waals surface area contributed by atoms with Crippen molar-refractivity contribution in [3.63, 3.8) is 0 Å². The minimum atomic E-state index is -3.14. The second kappa shape index (κ2) is 7.18. The van der Waals surface area contributed by atoms with Crippen LogP contribution >= 0.6 is 0 Å². The molecular formula is C9H22N2O4S. The number of ether oxygens (including phenoxy) is 2. The first-order chi connectivity index (χ1) is 7.35. The van der Waals surface area contributed by atoms with Gasteiger partial charge in [0, 0.05) is 34.9 Å². The summed E-state index contributed by atoms with van der Waals surface area (Å²) in [6, 6.07) is -0.0626. The van der Waals surface area contributed by atoms with Gasteiger partial charge in [-0.3, -0.25) is 0 Å². The number of methoxy groups -OCH3 is 2. The molecule has 0 radical (unpaired) electrons. The maximum atomic E-state index is 11.4. The van der Waals surface area contributed by atoms with E-state index in [-0.39, 0.29) is 18.1 Å². The molecule has 1 atom stereocenters. The largest absolute Gasteiger partial charge is 0.354 e. The summed E-state index contributed by atoms with van der Waals surface area (Å²) in [5.41, 5.74) is 0. The van der Waals surface area contributed by atoms with E-state index in [1.54, 1.807) is 14.2 Å². The molecule has 1 unspecified atom stereocenters. The van der Waals surface area contributed by atoms with E-state index in [2.05, 4.69) is 5.32 Å². The van der Waals surface area contributed by atoms with E-state index in [0.717, 1.165) is 0 Å². The van der Waals surface area contributed by atoms with Gasteiger partial charge in [0.15, 0.2) is 6.29 Å². The zero-order valence-electron chi connectivity index (χ0n) is 10.6. The van der Waals surface area contributed by atoms with E-state index in [0.29, 0.717) is 6.54 Å². The van der Waals surface area contributed by atoms with E-state index < -0.39 is 10.0 Å². The van der Waals surface area contributed by atoms with Crippen LogP contribution in [-0.2, 0) is 19.5 Å². The normalized spacial score (nSPS) is 14.7. The number of rotatable bonds is 8. The van der Waals surface area contributed by atoms with E-state index in [1.165, 1.54) is 18.4 Å². The Kier molecular flexibility index (Phi) is 7.09. The molecule has 0 saturated heterocycles. The van der Waals surface area contributed by atoms with E-state index in [4.69, 9.17) is 9.47 Å². The lowest BCUT2D eigenvalue weighted by molar-refractivity contribution is -0.119. The van der Waals surface area contributed by atoms with Crippen molar-refractivity contribution in [3.8, 4) is 0 Å². The van der Waals surface area contributed by atoms with Gasteiger partial charge in [0.2, 0.25) is 10.0 Å². The standard InChI is InChI=1S/C9H22N2O4S/c1-8(9(14-4)15-5)10-6-7-16(12,13)11(2)3/h8-10H,6-7H2,1-5H3. The van der Waals surface area contributed by atoms with Gasteiger partial charge in [-0.25, -0.2) is 12.7 Å². The number of hydrogen-bond acceptors (Lipinski definition) is 5. The predicted molar refractivity (Wildman–Crippen MR) is 62.7 cm³/mol. The molecule has 7 heteroatoms. The van der Waals surface area contributed by atoms with Crippen molar-refractivity contribution in [3.05, 3.63) is 0 Å². The maximum Gasteiger partial charge on any atom is 0.214 e. The average Bonchev–Trinajstić information content (AvgIpc) is 2.19. The Hall–Kier alpha value is -0.210.